The van der Waals surface area contributed by atoms with Gasteiger partial charge in [-0.25, -0.2) is 0 Å². The summed E-state index contributed by atoms with van der Waals surface area (Å²) in [7, 11) is 0. The van der Waals surface area contributed by atoms with E-state index in [9.17, 15) is 4.79 Å². The third-order valence-electron chi connectivity index (χ3n) is 6.78. The number of aryl methyl sites for hydroxylation is 1. The third-order valence-corrected chi connectivity index (χ3v) is 6.78. The van der Waals surface area contributed by atoms with Gasteiger partial charge in [0.1, 0.15) is 0 Å². The SMILES string of the molecule is CCn1ccc(CN2CCC3(CCC(=O)N(C4CCCC4)C3)CC2)n1. The zero-order valence-electron chi connectivity index (χ0n) is 15.6. The number of rotatable bonds is 4. The van der Waals surface area contributed by atoms with E-state index in [1.165, 1.54) is 44.2 Å². The number of hydrogen-bond donors (Lipinski definition) is 0. The van der Waals surface area contributed by atoms with Gasteiger partial charge in [0, 0.05) is 38.3 Å². The van der Waals surface area contributed by atoms with Gasteiger partial charge in [0.25, 0.3) is 0 Å². The fraction of sp³-hybridized carbons (Fsp3) is 0.800. The Morgan fingerprint density at radius 2 is 1.96 bits per heavy atom. The highest BCUT2D eigenvalue weighted by atomic mass is 16.2. The maximum absolute atomic E-state index is 12.4. The van der Waals surface area contributed by atoms with Crippen molar-refractivity contribution in [1.82, 2.24) is 19.6 Å². The molecule has 0 bridgehead atoms. The number of nitrogens with zero attached hydrogens (tertiary/aromatic N) is 4. The van der Waals surface area contributed by atoms with Gasteiger partial charge >= 0.3 is 0 Å². The first-order valence-corrected chi connectivity index (χ1v) is 10.2. The molecule has 1 amide bonds. The molecule has 25 heavy (non-hydrogen) atoms. The molecule has 0 N–H and O–H groups in total. The van der Waals surface area contributed by atoms with Crippen LogP contribution in [0.1, 0.15) is 64.0 Å². The van der Waals surface area contributed by atoms with Crippen molar-refractivity contribution in [3.05, 3.63) is 18.0 Å². The molecule has 4 rings (SSSR count). The zero-order valence-corrected chi connectivity index (χ0v) is 15.6. The van der Waals surface area contributed by atoms with E-state index in [2.05, 4.69) is 34.1 Å². The van der Waals surface area contributed by atoms with Crippen LogP contribution < -0.4 is 0 Å². The van der Waals surface area contributed by atoms with Crippen molar-refractivity contribution in [2.45, 2.75) is 77.4 Å². The molecule has 3 heterocycles. The molecule has 1 aromatic rings. The van der Waals surface area contributed by atoms with Crippen LogP contribution in [0.2, 0.25) is 0 Å². The van der Waals surface area contributed by atoms with E-state index in [4.69, 9.17) is 0 Å². The van der Waals surface area contributed by atoms with Crippen LogP contribution in [0.15, 0.2) is 12.3 Å². The lowest BCUT2D eigenvalue weighted by Crippen LogP contribution is -2.53. The maximum atomic E-state index is 12.4. The quantitative estimate of drug-likeness (QED) is 0.843. The molecular formula is C20H32N4O. The van der Waals surface area contributed by atoms with Crippen molar-refractivity contribution in [3.63, 3.8) is 0 Å². The first-order valence-electron chi connectivity index (χ1n) is 10.2. The molecule has 0 radical (unpaired) electrons. The number of amides is 1. The Bertz CT molecular complexity index is 597. The van der Waals surface area contributed by atoms with Gasteiger partial charge in [0.05, 0.1) is 5.69 Å². The standard InChI is InChI=1S/C20H32N4O/c1-2-23-12-8-17(21-23)15-22-13-10-20(11-14-22)9-7-19(25)24(16-20)18-5-3-4-6-18/h8,12,18H,2-7,9-11,13-16H2,1H3. The summed E-state index contributed by atoms with van der Waals surface area (Å²) in [6, 6.07) is 2.69. The lowest BCUT2D eigenvalue weighted by atomic mass is 9.72. The summed E-state index contributed by atoms with van der Waals surface area (Å²) in [6.45, 7) is 7.34. The number of likely N-dealkylation sites (tertiary alicyclic amines) is 2. The minimum Gasteiger partial charge on any atom is -0.339 e. The molecule has 1 spiro atoms. The number of carbonyl (C=O) groups excluding carboxylic acids is 1. The maximum Gasteiger partial charge on any atom is 0.222 e. The Hall–Kier alpha value is -1.36. The summed E-state index contributed by atoms with van der Waals surface area (Å²) in [5.74, 6) is 0.421. The largest absolute Gasteiger partial charge is 0.339 e. The van der Waals surface area contributed by atoms with Crippen LogP contribution >= 0.6 is 0 Å². The lowest BCUT2D eigenvalue weighted by Gasteiger charge is -2.49. The smallest absolute Gasteiger partial charge is 0.222 e. The molecule has 1 saturated carbocycles. The minimum absolute atomic E-state index is 0.385. The monoisotopic (exact) mass is 344 g/mol. The van der Waals surface area contributed by atoms with Gasteiger partial charge in [-0.15, -0.1) is 0 Å². The fourth-order valence-corrected chi connectivity index (χ4v) is 5.08. The van der Waals surface area contributed by atoms with Gasteiger partial charge in [0.15, 0.2) is 0 Å². The van der Waals surface area contributed by atoms with Gasteiger partial charge in [-0.3, -0.25) is 14.4 Å². The van der Waals surface area contributed by atoms with E-state index in [1.807, 2.05) is 4.68 Å². The van der Waals surface area contributed by atoms with E-state index < -0.39 is 0 Å². The zero-order chi connectivity index (χ0) is 17.3. The van der Waals surface area contributed by atoms with Crippen molar-refractivity contribution in [2.75, 3.05) is 19.6 Å². The number of piperidine rings is 2. The van der Waals surface area contributed by atoms with Crippen molar-refractivity contribution in [3.8, 4) is 0 Å². The molecule has 5 heteroatoms. The summed E-state index contributed by atoms with van der Waals surface area (Å²) in [6.07, 6.45) is 11.5. The third kappa shape index (κ3) is 3.62. The average Bonchev–Trinajstić information content (AvgIpc) is 3.31. The van der Waals surface area contributed by atoms with Crippen LogP contribution in [0, 0.1) is 5.41 Å². The lowest BCUT2D eigenvalue weighted by molar-refractivity contribution is -0.142. The molecule has 2 saturated heterocycles. The highest BCUT2D eigenvalue weighted by Crippen LogP contribution is 2.42. The summed E-state index contributed by atoms with van der Waals surface area (Å²) >= 11 is 0. The van der Waals surface area contributed by atoms with Gasteiger partial charge in [-0.05, 0) is 63.6 Å². The summed E-state index contributed by atoms with van der Waals surface area (Å²) in [5, 5.41) is 4.62. The van der Waals surface area contributed by atoms with Crippen LogP contribution in [0.3, 0.4) is 0 Å². The second-order valence-corrected chi connectivity index (χ2v) is 8.40. The normalized spacial score (nSPS) is 25.2. The number of aromatic nitrogens is 2. The Labute approximate surface area is 151 Å². The highest BCUT2D eigenvalue weighted by molar-refractivity contribution is 5.77. The molecule has 3 aliphatic rings. The number of carbonyl (C=O) groups is 1. The van der Waals surface area contributed by atoms with Crippen molar-refractivity contribution < 1.29 is 4.79 Å². The van der Waals surface area contributed by atoms with Gasteiger partial charge in [0.2, 0.25) is 5.91 Å². The average molecular weight is 345 g/mol. The molecule has 2 aliphatic heterocycles. The number of hydrogen-bond acceptors (Lipinski definition) is 3. The predicted molar refractivity (Wildman–Crippen MR) is 98.0 cm³/mol. The molecule has 0 aromatic carbocycles. The Morgan fingerprint density at radius 3 is 2.64 bits per heavy atom. The first kappa shape index (κ1) is 17.1. The minimum atomic E-state index is 0.385. The molecule has 5 nitrogen and oxygen atoms in total. The molecule has 1 aliphatic carbocycles. The topological polar surface area (TPSA) is 41.4 Å². The summed E-state index contributed by atoms with van der Waals surface area (Å²) in [4.78, 5) is 17.3. The van der Waals surface area contributed by atoms with Crippen LogP contribution in [0.4, 0.5) is 0 Å². The predicted octanol–water partition coefficient (Wildman–Crippen LogP) is 3.05. The molecular weight excluding hydrogens is 312 g/mol. The molecule has 3 fully saturated rings. The highest BCUT2D eigenvalue weighted by Gasteiger charge is 2.43. The van der Waals surface area contributed by atoms with E-state index in [0.29, 0.717) is 17.4 Å². The molecule has 0 unspecified atom stereocenters. The van der Waals surface area contributed by atoms with Gasteiger partial charge in [-0.2, -0.15) is 5.10 Å². The van der Waals surface area contributed by atoms with E-state index in [1.54, 1.807) is 0 Å². The Kier molecular flexibility index (Phi) is 4.85. The van der Waals surface area contributed by atoms with Gasteiger partial charge in [-0.1, -0.05) is 12.8 Å². The van der Waals surface area contributed by atoms with Gasteiger partial charge < -0.3 is 4.90 Å². The Morgan fingerprint density at radius 1 is 1.20 bits per heavy atom. The molecule has 138 valence electrons. The van der Waals surface area contributed by atoms with Crippen LogP contribution in [-0.4, -0.2) is 51.2 Å². The van der Waals surface area contributed by atoms with E-state index >= 15 is 0 Å². The Balaban J connectivity index is 1.34. The van der Waals surface area contributed by atoms with Crippen molar-refractivity contribution in [1.29, 1.82) is 0 Å². The second kappa shape index (κ2) is 7.10. The molecule has 1 aromatic heterocycles. The van der Waals surface area contributed by atoms with Crippen LogP contribution in [-0.2, 0) is 17.9 Å². The summed E-state index contributed by atoms with van der Waals surface area (Å²) in [5.41, 5.74) is 1.57. The first-order chi connectivity index (χ1) is 12.2. The van der Waals surface area contributed by atoms with Crippen LogP contribution in [0.5, 0.6) is 0 Å². The van der Waals surface area contributed by atoms with Crippen molar-refractivity contribution in [2.24, 2.45) is 5.41 Å². The second-order valence-electron chi connectivity index (χ2n) is 8.40. The fourth-order valence-electron chi connectivity index (χ4n) is 5.08. The van der Waals surface area contributed by atoms with E-state index in [-0.39, 0.29) is 0 Å². The van der Waals surface area contributed by atoms with Crippen molar-refractivity contribution >= 4 is 5.91 Å². The van der Waals surface area contributed by atoms with Crippen LogP contribution in [0.25, 0.3) is 0 Å². The van der Waals surface area contributed by atoms with E-state index in [0.717, 1.165) is 45.6 Å². The summed E-state index contributed by atoms with van der Waals surface area (Å²) < 4.78 is 2.01. The molecule has 0 atom stereocenters.